The smallest absolute Gasteiger partial charge is 0.263 e. The van der Waals surface area contributed by atoms with E-state index in [4.69, 9.17) is 4.74 Å². The number of carbonyl (C=O) groups is 1. The van der Waals surface area contributed by atoms with Crippen LogP contribution in [0.1, 0.15) is 39.6 Å². The van der Waals surface area contributed by atoms with Gasteiger partial charge in [-0.3, -0.25) is 14.4 Å². The maximum Gasteiger partial charge on any atom is 0.263 e. The highest BCUT2D eigenvalue weighted by Crippen LogP contribution is 2.34. The van der Waals surface area contributed by atoms with Gasteiger partial charge in [0.1, 0.15) is 5.56 Å². The van der Waals surface area contributed by atoms with Gasteiger partial charge in [-0.15, -0.1) is 0 Å². The maximum atomic E-state index is 12.9. The van der Waals surface area contributed by atoms with Crippen LogP contribution < -0.4 is 16.4 Å². The van der Waals surface area contributed by atoms with Crippen molar-refractivity contribution in [1.82, 2.24) is 19.4 Å². The van der Waals surface area contributed by atoms with Crippen molar-refractivity contribution in [3.8, 4) is 0 Å². The predicted octanol–water partition coefficient (Wildman–Crippen LogP) is 1.12. The fourth-order valence-electron chi connectivity index (χ4n) is 5.26. The number of hydrogen-bond donors (Lipinski definition) is 1. The molecule has 4 rings (SSSR count). The number of amides is 1. The second-order valence-corrected chi connectivity index (χ2v) is 9.01. The van der Waals surface area contributed by atoms with Crippen LogP contribution in [0.5, 0.6) is 0 Å². The second kappa shape index (κ2) is 9.42. The summed E-state index contributed by atoms with van der Waals surface area (Å²) >= 11 is 0. The highest BCUT2D eigenvalue weighted by atomic mass is 16.5. The summed E-state index contributed by atoms with van der Waals surface area (Å²) in [6.45, 7) is 8.26. The minimum atomic E-state index is -0.326. The van der Waals surface area contributed by atoms with Crippen molar-refractivity contribution in [1.29, 1.82) is 0 Å². The van der Waals surface area contributed by atoms with Crippen LogP contribution in [-0.4, -0.2) is 59.8 Å². The number of aromatic nitrogens is 2. The first-order chi connectivity index (χ1) is 15.4. The van der Waals surface area contributed by atoms with Crippen molar-refractivity contribution in [3.63, 3.8) is 0 Å². The van der Waals surface area contributed by atoms with Crippen LogP contribution in [0.4, 0.5) is 0 Å². The molecule has 2 aromatic heterocycles. The SMILES string of the molecule is COCCn1c(C)cc(C)c(C(=O)NCCN2CC3CC(C2)c2cccc(=O)n2C3)c1=O. The van der Waals surface area contributed by atoms with Crippen LogP contribution in [0, 0.1) is 19.8 Å². The minimum Gasteiger partial charge on any atom is -0.383 e. The van der Waals surface area contributed by atoms with Gasteiger partial charge in [-0.1, -0.05) is 6.07 Å². The molecule has 0 aromatic carbocycles. The van der Waals surface area contributed by atoms with Gasteiger partial charge in [0, 0.05) is 69.8 Å². The van der Waals surface area contributed by atoms with Gasteiger partial charge in [0.15, 0.2) is 0 Å². The van der Waals surface area contributed by atoms with Gasteiger partial charge in [0.2, 0.25) is 0 Å². The summed E-state index contributed by atoms with van der Waals surface area (Å²) in [4.78, 5) is 40.3. The first kappa shape index (κ1) is 22.5. The van der Waals surface area contributed by atoms with E-state index < -0.39 is 0 Å². The van der Waals surface area contributed by atoms with Crippen molar-refractivity contribution < 1.29 is 9.53 Å². The zero-order valence-corrected chi connectivity index (χ0v) is 19.1. The van der Waals surface area contributed by atoms with E-state index >= 15 is 0 Å². The Kier molecular flexibility index (Phi) is 6.62. The molecule has 1 N–H and O–H groups in total. The number of fused-ring (bicyclic) bond motifs is 4. The molecule has 0 spiro atoms. The van der Waals surface area contributed by atoms with Crippen LogP contribution in [0.2, 0.25) is 0 Å². The summed E-state index contributed by atoms with van der Waals surface area (Å²) in [5.74, 6) is 0.469. The molecule has 1 amide bonds. The molecule has 4 heterocycles. The van der Waals surface area contributed by atoms with E-state index in [9.17, 15) is 14.4 Å². The van der Waals surface area contributed by atoms with E-state index in [1.807, 2.05) is 23.6 Å². The van der Waals surface area contributed by atoms with E-state index in [1.54, 1.807) is 24.7 Å². The molecule has 1 fully saturated rings. The number of rotatable bonds is 7. The number of aryl methyl sites for hydroxylation is 2. The molecule has 2 unspecified atom stereocenters. The van der Waals surface area contributed by atoms with Crippen LogP contribution in [0.25, 0.3) is 0 Å². The van der Waals surface area contributed by atoms with Crippen LogP contribution in [0.3, 0.4) is 0 Å². The summed E-state index contributed by atoms with van der Waals surface area (Å²) in [6.07, 6.45) is 1.11. The van der Waals surface area contributed by atoms with Crippen molar-refractivity contribution in [2.45, 2.75) is 39.3 Å². The third-order valence-electron chi connectivity index (χ3n) is 6.72. The average Bonchev–Trinajstić information content (AvgIpc) is 2.74. The van der Waals surface area contributed by atoms with Crippen molar-refractivity contribution >= 4 is 5.91 Å². The van der Waals surface area contributed by atoms with Gasteiger partial charge < -0.3 is 24.1 Å². The largest absolute Gasteiger partial charge is 0.383 e. The van der Waals surface area contributed by atoms with Gasteiger partial charge in [-0.05, 0) is 43.9 Å². The van der Waals surface area contributed by atoms with Gasteiger partial charge in [0.25, 0.3) is 17.0 Å². The van der Waals surface area contributed by atoms with Gasteiger partial charge >= 0.3 is 0 Å². The molecule has 0 aliphatic carbocycles. The standard InChI is InChI=1S/C24H32N4O4/c1-16-11-17(2)27(9-10-32-3)24(31)22(16)23(30)25-7-8-26-13-18-12-19(15-26)20-5-4-6-21(29)28(20)14-18/h4-6,11,18-19H,7-10,12-15H2,1-3H3,(H,25,30). The molecule has 8 heteroatoms. The number of pyridine rings is 2. The summed E-state index contributed by atoms with van der Waals surface area (Å²) < 4.78 is 8.61. The van der Waals surface area contributed by atoms with Crippen LogP contribution >= 0.6 is 0 Å². The predicted molar refractivity (Wildman–Crippen MR) is 122 cm³/mol. The first-order valence-electron chi connectivity index (χ1n) is 11.3. The Labute approximate surface area is 187 Å². The van der Waals surface area contributed by atoms with E-state index in [0.717, 1.165) is 44.0 Å². The fraction of sp³-hybridized carbons (Fsp3) is 0.542. The van der Waals surface area contributed by atoms with Gasteiger partial charge in [-0.25, -0.2) is 0 Å². The molecule has 32 heavy (non-hydrogen) atoms. The third-order valence-corrected chi connectivity index (χ3v) is 6.72. The molecule has 0 saturated carbocycles. The number of hydrogen-bond acceptors (Lipinski definition) is 5. The van der Waals surface area contributed by atoms with Crippen molar-refractivity contribution in [2.24, 2.45) is 5.92 Å². The van der Waals surface area contributed by atoms with E-state index in [1.165, 1.54) is 0 Å². The molecular formula is C24H32N4O4. The second-order valence-electron chi connectivity index (χ2n) is 9.01. The lowest BCUT2D eigenvalue weighted by Crippen LogP contribution is -2.49. The Balaban J connectivity index is 1.39. The Morgan fingerprint density at radius 2 is 1.97 bits per heavy atom. The summed E-state index contributed by atoms with van der Waals surface area (Å²) in [5.41, 5.74) is 2.65. The molecule has 8 nitrogen and oxygen atoms in total. The molecule has 2 atom stereocenters. The molecule has 2 aromatic rings. The topological polar surface area (TPSA) is 85.6 Å². The number of piperidine rings is 1. The lowest BCUT2D eigenvalue weighted by Gasteiger charge is -2.42. The molecule has 2 aliphatic rings. The monoisotopic (exact) mass is 440 g/mol. The fourth-order valence-corrected chi connectivity index (χ4v) is 5.26. The molecule has 172 valence electrons. The van der Waals surface area contributed by atoms with E-state index in [-0.39, 0.29) is 22.6 Å². The van der Waals surface area contributed by atoms with E-state index in [2.05, 4.69) is 16.3 Å². The molecular weight excluding hydrogens is 408 g/mol. The molecule has 1 saturated heterocycles. The summed E-state index contributed by atoms with van der Waals surface area (Å²) in [7, 11) is 1.59. The number of methoxy groups -OCH3 is 1. The number of ether oxygens (including phenoxy) is 1. The highest BCUT2D eigenvalue weighted by molar-refractivity contribution is 5.95. The Morgan fingerprint density at radius 1 is 1.16 bits per heavy atom. The Bertz CT molecular complexity index is 1120. The first-order valence-corrected chi connectivity index (χ1v) is 11.3. The molecule has 2 aliphatic heterocycles. The third kappa shape index (κ3) is 4.42. The van der Waals surface area contributed by atoms with Crippen LogP contribution in [0.15, 0.2) is 33.9 Å². The minimum absolute atomic E-state index is 0.0857. The summed E-state index contributed by atoms with van der Waals surface area (Å²) in [5, 5.41) is 2.94. The quantitative estimate of drug-likeness (QED) is 0.698. The lowest BCUT2D eigenvalue weighted by molar-refractivity contribution is 0.0924. The Hall–Kier alpha value is -2.71. The number of nitrogens with zero attached hydrogens (tertiary/aromatic N) is 3. The maximum absolute atomic E-state index is 12.9. The normalized spacial score (nSPS) is 20.1. The number of nitrogens with one attached hydrogen (secondary N) is 1. The number of likely N-dealkylation sites (tertiary alicyclic amines) is 1. The highest BCUT2D eigenvalue weighted by Gasteiger charge is 2.34. The van der Waals surface area contributed by atoms with Crippen LogP contribution in [-0.2, 0) is 17.8 Å². The van der Waals surface area contributed by atoms with Crippen molar-refractivity contribution in [3.05, 3.63) is 67.5 Å². The van der Waals surface area contributed by atoms with E-state index in [0.29, 0.717) is 37.1 Å². The lowest BCUT2D eigenvalue weighted by atomic mass is 9.83. The zero-order chi connectivity index (χ0) is 22.8. The number of carbonyl (C=O) groups excluding carboxylic acids is 1. The molecule has 2 bridgehead atoms. The Morgan fingerprint density at radius 3 is 2.75 bits per heavy atom. The van der Waals surface area contributed by atoms with Crippen molar-refractivity contribution in [2.75, 3.05) is 39.9 Å². The van der Waals surface area contributed by atoms with Gasteiger partial charge in [0.05, 0.1) is 6.61 Å². The zero-order valence-electron chi connectivity index (χ0n) is 19.1. The molecule has 0 radical (unpaired) electrons. The average molecular weight is 441 g/mol. The van der Waals surface area contributed by atoms with Gasteiger partial charge in [-0.2, -0.15) is 0 Å². The summed E-state index contributed by atoms with van der Waals surface area (Å²) in [6, 6.07) is 7.41.